The van der Waals surface area contributed by atoms with Crippen LogP contribution in [0.15, 0.2) is 17.1 Å². The Balaban J connectivity index is 1.70. The molecule has 0 aromatic carbocycles. The lowest BCUT2D eigenvalue weighted by molar-refractivity contribution is -0.126. The molecule has 0 atom stereocenters. The largest absolute Gasteiger partial charge is 0.354 e. The summed E-state index contributed by atoms with van der Waals surface area (Å²) in [5.41, 5.74) is 1.01. The minimum absolute atomic E-state index is 0.0526. The maximum atomic E-state index is 12.7. The molecule has 1 fully saturated rings. The number of aromatic nitrogens is 3. The molecule has 3 heterocycles. The minimum Gasteiger partial charge on any atom is -0.354 e. The van der Waals surface area contributed by atoms with Gasteiger partial charge in [-0.1, -0.05) is 0 Å². The summed E-state index contributed by atoms with van der Waals surface area (Å²) in [5, 5.41) is 7.15. The van der Waals surface area contributed by atoms with Gasteiger partial charge >= 0.3 is 0 Å². The van der Waals surface area contributed by atoms with E-state index in [1.54, 1.807) is 18.0 Å². The van der Waals surface area contributed by atoms with Crippen LogP contribution in [0.1, 0.15) is 42.9 Å². The number of nitrogens with one attached hydrogen (secondary N) is 2. The number of piperidine rings is 1. The maximum absolute atomic E-state index is 12.7. The second-order valence-electron chi connectivity index (χ2n) is 6.86. The predicted octanol–water partition coefficient (Wildman–Crippen LogP) is 0.708. The molecule has 1 aliphatic heterocycles. The second-order valence-corrected chi connectivity index (χ2v) is 6.86. The van der Waals surface area contributed by atoms with Crippen LogP contribution in [0.3, 0.4) is 0 Å². The summed E-state index contributed by atoms with van der Waals surface area (Å²) in [5.74, 6) is -0.210. The zero-order valence-corrected chi connectivity index (χ0v) is 14.7. The van der Waals surface area contributed by atoms with Crippen molar-refractivity contribution < 1.29 is 9.59 Å². The van der Waals surface area contributed by atoms with Gasteiger partial charge in [0.2, 0.25) is 5.91 Å². The van der Waals surface area contributed by atoms with Crippen LogP contribution >= 0.6 is 0 Å². The highest BCUT2D eigenvalue weighted by molar-refractivity contribution is 5.93. The number of fused-ring (bicyclic) bond motifs is 1. The number of rotatable bonds is 3. The third-order valence-corrected chi connectivity index (χ3v) is 4.40. The number of nitrogens with zero attached hydrogens (tertiary/aromatic N) is 3. The molecule has 2 aromatic rings. The van der Waals surface area contributed by atoms with Crippen LogP contribution in [-0.2, 0) is 4.79 Å². The molecule has 2 N–H and O–H groups in total. The maximum Gasteiger partial charge on any atom is 0.274 e. The SMILES string of the molecule is Cc1cn2nc(C(=O)N3CCC(C(=O)NC(C)C)CC3)cc2c(=O)[nH]1. The van der Waals surface area contributed by atoms with Gasteiger partial charge in [-0.15, -0.1) is 0 Å². The van der Waals surface area contributed by atoms with Gasteiger partial charge in [-0.3, -0.25) is 14.4 Å². The number of likely N-dealkylation sites (tertiary alicyclic amines) is 1. The van der Waals surface area contributed by atoms with Crippen LogP contribution in [0.5, 0.6) is 0 Å². The van der Waals surface area contributed by atoms with Crippen LogP contribution in [0, 0.1) is 12.8 Å². The third kappa shape index (κ3) is 3.57. The van der Waals surface area contributed by atoms with Gasteiger partial charge in [0.1, 0.15) is 5.52 Å². The number of amides is 2. The van der Waals surface area contributed by atoms with Crippen molar-refractivity contribution >= 4 is 17.3 Å². The van der Waals surface area contributed by atoms with E-state index in [9.17, 15) is 14.4 Å². The highest BCUT2D eigenvalue weighted by Gasteiger charge is 2.29. The Kier molecular flexibility index (Phi) is 4.61. The van der Waals surface area contributed by atoms with Crippen LogP contribution in [0.4, 0.5) is 0 Å². The summed E-state index contributed by atoms with van der Waals surface area (Å²) in [6.07, 6.45) is 2.95. The van der Waals surface area contributed by atoms with Gasteiger partial charge in [0.05, 0.1) is 0 Å². The fraction of sp³-hybridized carbons (Fsp3) is 0.529. The molecular weight excluding hydrogens is 322 g/mol. The average Bonchev–Trinajstić information content (AvgIpc) is 2.98. The zero-order valence-electron chi connectivity index (χ0n) is 14.7. The Hall–Kier alpha value is -2.64. The quantitative estimate of drug-likeness (QED) is 0.855. The highest BCUT2D eigenvalue weighted by Crippen LogP contribution is 2.19. The van der Waals surface area contributed by atoms with Gasteiger partial charge in [-0.25, -0.2) is 4.52 Å². The Morgan fingerprint density at radius 2 is 2.00 bits per heavy atom. The van der Waals surface area contributed by atoms with Crippen molar-refractivity contribution in [1.82, 2.24) is 24.8 Å². The van der Waals surface area contributed by atoms with E-state index in [1.165, 1.54) is 10.6 Å². The van der Waals surface area contributed by atoms with Crippen LogP contribution in [-0.4, -0.2) is 50.4 Å². The molecule has 25 heavy (non-hydrogen) atoms. The Labute approximate surface area is 145 Å². The van der Waals surface area contributed by atoms with Crippen LogP contribution in [0.2, 0.25) is 0 Å². The van der Waals surface area contributed by atoms with Gasteiger partial charge in [-0.2, -0.15) is 5.10 Å². The number of aromatic amines is 1. The van der Waals surface area contributed by atoms with E-state index in [4.69, 9.17) is 0 Å². The fourth-order valence-electron chi connectivity index (χ4n) is 3.13. The molecule has 8 heteroatoms. The van der Waals surface area contributed by atoms with Crippen LogP contribution in [0.25, 0.3) is 5.52 Å². The molecule has 0 radical (unpaired) electrons. The predicted molar refractivity (Wildman–Crippen MR) is 92.5 cm³/mol. The summed E-state index contributed by atoms with van der Waals surface area (Å²) >= 11 is 0. The zero-order chi connectivity index (χ0) is 18.1. The standard InChI is InChI=1S/C17H23N5O3/c1-10(2)18-15(23)12-4-6-21(7-5-12)17(25)13-8-14-16(24)19-11(3)9-22(14)20-13/h8-10,12H,4-7H2,1-3H3,(H,18,23)(H,19,24). The van der Waals surface area contributed by atoms with Gasteiger partial charge in [0.25, 0.3) is 11.5 Å². The normalized spacial score (nSPS) is 15.8. The first-order chi connectivity index (χ1) is 11.8. The Morgan fingerprint density at radius 3 is 2.64 bits per heavy atom. The molecule has 2 aromatic heterocycles. The summed E-state index contributed by atoms with van der Waals surface area (Å²) in [6, 6.07) is 1.63. The third-order valence-electron chi connectivity index (χ3n) is 4.40. The van der Waals surface area contributed by atoms with Crippen molar-refractivity contribution in [3.8, 4) is 0 Å². The topological polar surface area (TPSA) is 99.6 Å². The van der Waals surface area contributed by atoms with E-state index < -0.39 is 0 Å². The summed E-state index contributed by atoms with van der Waals surface area (Å²) in [6.45, 7) is 6.65. The number of carbonyl (C=O) groups is 2. The smallest absolute Gasteiger partial charge is 0.274 e. The lowest BCUT2D eigenvalue weighted by Crippen LogP contribution is -2.44. The number of hydrogen-bond acceptors (Lipinski definition) is 4. The average molecular weight is 345 g/mol. The Bertz CT molecular complexity index is 859. The van der Waals surface area contributed by atoms with E-state index >= 15 is 0 Å². The molecule has 8 nitrogen and oxygen atoms in total. The van der Waals surface area contributed by atoms with Crippen molar-refractivity contribution in [2.45, 2.75) is 39.7 Å². The van der Waals surface area contributed by atoms with Gasteiger partial charge in [0.15, 0.2) is 5.69 Å². The molecule has 0 unspecified atom stereocenters. The summed E-state index contributed by atoms with van der Waals surface area (Å²) in [4.78, 5) is 41.1. The summed E-state index contributed by atoms with van der Waals surface area (Å²) < 4.78 is 1.43. The number of hydrogen-bond donors (Lipinski definition) is 2. The first kappa shape index (κ1) is 17.2. The van der Waals surface area contributed by atoms with Gasteiger partial charge < -0.3 is 15.2 Å². The lowest BCUT2D eigenvalue weighted by Gasteiger charge is -2.31. The van der Waals surface area contributed by atoms with Crippen molar-refractivity contribution in [3.05, 3.63) is 34.0 Å². The molecule has 0 saturated carbocycles. The number of H-pyrrole nitrogens is 1. The number of carbonyl (C=O) groups excluding carboxylic acids is 2. The minimum atomic E-state index is -0.268. The monoisotopic (exact) mass is 345 g/mol. The Morgan fingerprint density at radius 1 is 1.32 bits per heavy atom. The molecule has 1 saturated heterocycles. The van der Waals surface area contributed by atoms with E-state index in [0.717, 1.165) is 0 Å². The van der Waals surface area contributed by atoms with Crippen molar-refractivity contribution in [1.29, 1.82) is 0 Å². The summed E-state index contributed by atoms with van der Waals surface area (Å²) in [7, 11) is 0. The molecule has 3 rings (SSSR count). The van der Waals surface area contributed by atoms with Crippen molar-refractivity contribution in [2.24, 2.45) is 5.92 Å². The highest BCUT2D eigenvalue weighted by atomic mass is 16.2. The molecule has 134 valence electrons. The fourth-order valence-corrected chi connectivity index (χ4v) is 3.13. The first-order valence-corrected chi connectivity index (χ1v) is 8.54. The molecule has 0 aliphatic carbocycles. The molecule has 0 bridgehead atoms. The van der Waals surface area contributed by atoms with Crippen molar-refractivity contribution in [3.63, 3.8) is 0 Å². The van der Waals surface area contributed by atoms with E-state index in [2.05, 4.69) is 15.4 Å². The number of aryl methyl sites for hydroxylation is 1. The van der Waals surface area contributed by atoms with Gasteiger partial charge in [-0.05, 0) is 33.6 Å². The molecule has 2 amide bonds. The van der Waals surface area contributed by atoms with Crippen LogP contribution < -0.4 is 10.9 Å². The van der Waals surface area contributed by atoms with E-state index in [-0.39, 0.29) is 35.0 Å². The first-order valence-electron chi connectivity index (χ1n) is 8.54. The van der Waals surface area contributed by atoms with E-state index in [0.29, 0.717) is 37.1 Å². The molecule has 0 spiro atoms. The van der Waals surface area contributed by atoms with E-state index in [1.807, 2.05) is 13.8 Å². The van der Waals surface area contributed by atoms with Crippen molar-refractivity contribution in [2.75, 3.05) is 13.1 Å². The lowest BCUT2D eigenvalue weighted by atomic mass is 9.95. The molecular formula is C17H23N5O3. The molecule has 1 aliphatic rings. The van der Waals surface area contributed by atoms with Gasteiger partial charge in [0, 0.05) is 43.0 Å². The second kappa shape index (κ2) is 6.70.